The van der Waals surface area contributed by atoms with Gasteiger partial charge < -0.3 is 34.6 Å². The summed E-state index contributed by atoms with van der Waals surface area (Å²) in [7, 11) is 0. The van der Waals surface area contributed by atoms with Crippen LogP contribution in [-0.4, -0.2) is 95.3 Å². The van der Waals surface area contributed by atoms with Crippen LogP contribution >= 0.6 is 11.6 Å². The van der Waals surface area contributed by atoms with Crippen molar-refractivity contribution in [3.8, 4) is 5.75 Å². The van der Waals surface area contributed by atoms with Crippen LogP contribution in [0.4, 0.5) is 0 Å². The molecule has 4 N–H and O–H groups in total. The van der Waals surface area contributed by atoms with Crippen molar-refractivity contribution in [2.24, 2.45) is 5.92 Å². The van der Waals surface area contributed by atoms with E-state index < -0.39 is 37.1 Å². The summed E-state index contributed by atoms with van der Waals surface area (Å²) in [6.07, 6.45) is -5.43. The Morgan fingerprint density at radius 3 is 2.37 bits per heavy atom. The molecule has 2 aromatic carbocycles. The number of hydrogen-bond acceptors (Lipinski definition) is 8. The van der Waals surface area contributed by atoms with Gasteiger partial charge in [-0.1, -0.05) is 35.9 Å². The minimum Gasteiger partial charge on any atom is -0.493 e. The van der Waals surface area contributed by atoms with E-state index in [0.717, 1.165) is 43.2 Å². The van der Waals surface area contributed by atoms with E-state index in [1.54, 1.807) is 12.1 Å². The van der Waals surface area contributed by atoms with Gasteiger partial charge in [0.15, 0.2) is 0 Å². The second-order valence-electron chi connectivity index (χ2n) is 9.74. The van der Waals surface area contributed by atoms with E-state index in [0.29, 0.717) is 35.6 Å². The summed E-state index contributed by atoms with van der Waals surface area (Å²) in [5.41, 5.74) is 2.50. The molecule has 5 atom stereocenters. The number of aliphatic hydroxyl groups excluding tert-OH is 4. The van der Waals surface area contributed by atoms with Gasteiger partial charge in [-0.15, -0.1) is 0 Å². The SMILES string of the molecule is OC[C@H]1O[C@@H](c2ccc(Cl)c(Cc3ccc(OCC4CN(C5COC5)C4)cc3)c2)[C@H](O)C(O)[C@@H]1O. The second kappa shape index (κ2) is 10.7. The van der Waals surface area contributed by atoms with Gasteiger partial charge in [0.25, 0.3) is 0 Å². The second-order valence-corrected chi connectivity index (χ2v) is 10.2. The molecule has 3 aliphatic rings. The molecule has 35 heavy (non-hydrogen) atoms. The monoisotopic (exact) mass is 505 g/mol. The summed E-state index contributed by atoms with van der Waals surface area (Å²) < 4.78 is 16.9. The summed E-state index contributed by atoms with van der Waals surface area (Å²) in [5.74, 6) is 1.39. The Labute approximate surface area is 209 Å². The lowest BCUT2D eigenvalue weighted by Gasteiger charge is -2.47. The van der Waals surface area contributed by atoms with Crippen LogP contribution in [0.5, 0.6) is 5.75 Å². The Morgan fingerprint density at radius 1 is 0.971 bits per heavy atom. The normalized spacial score (nSPS) is 30.0. The Hall–Kier alpha value is -1.75. The third-order valence-electron chi connectivity index (χ3n) is 7.22. The highest BCUT2D eigenvalue weighted by molar-refractivity contribution is 6.31. The van der Waals surface area contributed by atoms with Gasteiger partial charge in [-0.05, 0) is 41.3 Å². The number of hydrogen-bond donors (Lipinski definition) is 4. The Kier molecular flexibility index (Phi) is 7.62. The van der Waals surface area contributed by atoms with Gasteiger partial charge in [-0.3, -0.25) is 4.90 Å². The molecule has 5 rings (SSSR count). The van der Waals surface area contributed by atoms with Crippen molar-refractivity contribution < 1.29 is 34.6 Å². The van der Waals surface area contributed by atoms with Gasteiger partial charge in [-0.25, -0.2) is 0 Å². The number of likely N-dealkylation sites (tertiary alicyclic amines) is 1. The lowest BCUT2D eigenvalue weighted by Crippen LogP contribution is -2.60. The molecule has 3 fully saturated rings. The number of benzene rings is 2. The average molecular weight is 506 g/mol. The molecular weight excluding hydrogens is 474 g/mol. The third kappa shape index (κ3) is 5.35. The van der Waals surface area contributed by atoms with E-state index in [9.17, 15) is 20.4 Å². The van der Waals surface area contributed by atoms with Gasteiger partial charge >= 0.3 is 0 Å². The quantitative estimate of drug-likeness (QED) is 0.423. The van der Waals surface area contributed by atoms with Crippen LogP contribution in [0.3, 0.4) is 0 Å². The van der Waals surface area contributed by atoms with Crippen LogP contribution in [0.1, 0.15) is 22.8 Å². The van der Waals surface area contributed by atoms with E-state index >= 15 is 0 Å². The zero-order valence-electron chi connectivity index (χ0n) is 19.4. The molecule has 1 unspecified atom stereocenters. The van der Waals surface area contributed by atoms with Crippen LogP contribution in [0.15, 0.2) is 42.5 Å². The predicted octanol–water partition coefficient (Wildman–Crippen LogP) is 1.16. The van der Waals surface area contributed by atoms with E-state index in [-0.39, 0.29) is 0 Å². The molecule has 9 heteroatoms. The number of nitrogens with zero attached hydrogens (tertiary/aromatic N) is 1. The van der Waals surface area contributed by atoms with Crippen molar-refractivity contribution in [3.05, 3.63) is 64.2 Å². The zero-order chi connectivity index (χ0) is 24.5. The van der Waals surface area contributed by atoms with Crippen LogP contribution in [0, 0.1) is 5.92 Å². The predicted molar refractivity (Wildman–Crippen MR) is 129 cm³/mol. The molecule has 3 saturated heterocycles. The van der Waals surface area contributed by atoms with Gasteiger partial charge in [0, 0.05) is 24.0 Å². The first-order valence-electron chi connectivity index (χ1n) is 12.1. The highest BCUT2D eigenvalue weighted by atomic mass is 35.5. The maximum Gasteiger partial charge on any atom is 0.119 e. The standard InChI is InChI=1S/C26H32ClNO7/c27-21-6-3-17(26-25(32)24(31)23(30)22(11-29)35-26)8-18(21)7-15-1-4-20(5-2-15)34-12-16-9-28(10-16)19-13-33-14-19/h1-6,8,16,19,22-26,29-32H,7,9-14H2/t22-,23-,24?,25-,26+/m1/s1. The first kappa shape index (κ1) is 24.9. The lowest BCUT2D eigenvalue weighted by atomic mass is 9.90. The fourth-order valence-corrected chi connectivity index (χ4v) is 5.05. The fraction of sp³-hybridized carbons (Fsp3) is 0.538. The molecule has 8 nitrogen and oxygen atoms in total. The highest BCUT2D eigenvalue weighted by Gasteiger charge is 2.44. The molecule has 2 aromatic rings. The number of rotatable bonds is 8. The number of aliphatic hydroxyl groups is 4. The average Bonchev–Trinajstić information content (AvgIpc) is 2.80. The maximum atomic E-state index is 10.5. The van der Waals surface area contributed by atoms with Crippen LogP contribution < -0.4 is 4.74 Å². The van der Waals surface area contributed by atoms with Gasteiger partial charge in [0.1, 0.15) is 36.3 Å². The van der Waals surface area contributed by atoms with Crippen molar-refractivity contribution in [2.75, 3.05) is 39.5 Å². The molecule has 0 amide bonds. The number of halogens is 1. The summed E-state index contributed by atoms with van der Waals surface area (Å²) in [6.45, 7) is 4.07. The number of ether oxygens (including phenoxy) is 3. The first-order chi connectivity index (χ1) is 16.9. The molecule has 190 valence electrons. The van der Waals surface area contributed by atoms with Gasteiger partial charge in [0.05, 0.1) is 32.5 Å². The van der Waals surface area contributed by atoms with Gasteiger partial charge in [-0.2, -0.15) is 0 Å². The summed E-state index contributed by atoms with van der Waals surface area (Å²) in [5, 5.41) is 40.7. The minimum atomic E-state index is -1.42. The van der Waals surface area contributed by atoms with Crippen molar-refractivity contribution in [2.45, 2.75) is 43.0 Å². The van der Waals surface area contributed by atoms with E-state index in [1.807, 2.05) is 30.3 Å². The Balaban J connectivity index is 1.19. The molecule has 0 radical (unpaired) electrons. The molecule has 3 aliphatic heterocycles. The van der Waals surface area contributed by atoms with E-state index in [2.05, 4.69) is 4.90 Å². The summed E-state index contributed by atoms with van der Waals surface area (Å²) in [6, 6.07) is 13.8. The van der Waals surface area contributed by atoms with Crippen LogP contribution in [-0.2, 0) is 15.9 Å². The van der Waals surface area contributed by atoms with Crippen molar-refractivity contribution >= 4 is 11.6 Å². The first-order valence-corrected chi connectivity index (χ1v) is 12.4. The van der Waals surface area contributed by atoms with E-state index in [1.165, 1.54) is 0 Å². The molecule has 0 bridgehead atoms. The smallest absolute Gasteiger partial charge is 0.119 e. The zero-order valence-corrected chi connectivity index (χ0v) is 20.1. The molecule has 0 aromatic heterocycles. The molecular formula is C26H32ClNO7. The molecule has 0 spiro atoms. The van der Waals surface area contributed by atoms with Crippen molar-refractivity contribution in [1.29, 1.82) is 0 Å². The minimum absolute atomic E-state index is 0.467. The van der Waals surface area contributed by atoms with Gasteiger partial charge in [0.2, 0.25) is 0 Å². The Bertz CT molecular complexity index is 994. The highest BCUT2D eigenvalue weighted by Crippen LogP contribution is 2.34. The van der Waals surface area contributed by atoms with Crippen LogP contribution in [0.2, 0.25) is 5.02 Å². The molecule has 0 saturated carbocycles. The van der Waals surface area contributed by atoms with Crippen molar-refractivity contribution in [3.63, 3.8) is 0 Å². The Morgan fingerprint density at radius 2 is 1.71 bits per heavy atom. The third-order valence-corrected chi connectivity index (χ3v) is 7.59. The topological polar surface area (TPSA) is 112 Å². The summed E-state index contributed by atoms with van der Waals surface area (Å²) in [4.78, 5) is 2.45. The van der Waals surface area contributed by atoms with Crippen LogP contribution in [0.25, 0.3) is 0 Å². The lowest BCUT2D eigenvalue weighted by molar-refractivity contribution is -0.231. The largest absolute Gasteiger partial charge is 0.493 e. The molecule has 3 heterocycles. The fourth-order valence-electron chi connectivity index (χ4n) is 4.87. The molecule has 0 aliphatic carbocycles. The van der Waals surface area contributed by atoms with Crippen molar-refractivity contribution in [1.82, 2.24) is 4.90 Å². The summed E-state index contributed by atoms with van der Waals surface area (Å²) >= 11 is 6.45. The maximum absolute atomic E-state index is 10.5. The van der Waals surface area contributed by atoms with E-state index in [4.69, 9.17) is 25.8 Å².